The molecule has 0 amide bonds. The molecule has 0 unspecified atom stereocenters. The van der Waals surface area contributed by atoms with E-state index in [1.54, 1.807) is 6.92 Å². The first-order valence-corrected chi connectivity index (χ1v) is 4.29. The fourth-order valence-electron chi connectivity index (χ4n) is 0.421. The van der Waals surface area contributed by atoms with Crippen LogP contribution in [0.4, 0.5) is 0 Å². The SMILES string of the molecule is C=C(C)C#N.C=CC(=O)OC(C)(C)N=C=O. The van der Waals surface area contributed by atoms with Gasteiger partial charge in [0, 0.05) is 11.6 Å². The molecule has 0 rings (SSSR count). The number of carbonyl (C=O) groups excluding carboxylic acids is 2. The van der Waals surface area contributed by atoms with Gasteiger partial charge in [-0.2, -0.15) is 10.3 Å². The Balaban J connectivity index is 0. The van der Waals surface area contributed by atoms with Gasteiger partial charge in [0.15, 0.2) is 0 Å². The number of hydrogen-bond donors (Lipinski definition) is 0. The van der Waals surface area contributed by atoms with Gasteiger partial charge in [-0.25, -0.2) is 9.59 Å². The summed E-state index contributed by atoms with van der Waals surface area (Å²) < 4.78 is 4.64. The number of carbonyl (C=O) groups is 1. The fraction of sp³-hybridized carbons (Fsp3) is 0.364. The number of nitriles is 1. The van der Waals surface area contributed by atoms with Crippen LogP contribution in [-0.2, 0) is 14.3 Å². The Morgan fingerprint density at radius 3 is 2.25 bits per heavy atom. The molecular weight excluding hydrogens is 208 g/mol. The molecule has 0 saturated heterocycles. The Hall–Kier alpha value is -2.18. The molecule has 0 bridgehead atoms. The van der Waals surface area contributed by atoms with Crippen molar-refractivity contribution in [2.24, 2.45) is 4.99 Å². The van der Waals surface area contributed by atoms with Crippen molar-refractivity contribution in [3.63, 3.8) is 0 Å². The van der Waals surface area contributed by atoms with E-state index >= 15 is 0 Å². The molecule has 0 aliphatic rings. The Labute approximate surface area is 94.7 Å². The summed E-state index contributed by atoms with van der Waals surface area (Å²) in [5, 5.41) is 7.79. The minimum Gasteiger partial charge on any atom is -0.434 e. The molecule has 0 atom stereocenters. The van der Waals surface area contributed by atoms with Crippen LogP contribution in [0, 0.1) is 11.3 Å². The van der Waals surface area contributed by atoms with Crippen molar-refractivity contribution in [2.75, 3.05) is 0 Å². The summed E-state index contributed by atoms with van der Waals surface area (Å²) in [6.45, 7) is 11.1. The summed E-state index contributed by atoms with van der Waals surface area (Å²) >= 11 is 0. The van der Waals surface area contributed by atoms with Gasteiger partial charge in [0.2, 0.25) is 11.8 Å². The largest absolute Gasteiger partial charge is 0.434 e. The van der Waals surface area contributed by atoms with E-state index in [9.17, 15) is 9.59 Å². The lowest BCUT2D eigenvalue weighted by molar-refractivity contribution is -0.149. The lowest BCUT2D eigenvalue weighted by Gasteiger charge is -2.16. The maximum Gasteiger partial charge on any atom is 0.332 e. The highest BCUT2D eigenvalue weighted by Crippen LogP contribution is 2.09. The number of esters is 1. The first-order chi connectivity index (χ1) is 7.29. The lowest BCUT2D eigenvalue weighted by Crippen LogP contribution is -2.24. The van der Waals surface area contributed by atoms with E-state index in [1.807, 2.05) is 6.07 Å². The van der Waals surface area contributed by atoms with Crippen LogP contribution in [0.1, 0.15) is 20.8 Å². The molecule has 0 saturated carbocycles. The molecule has 0 aromatic rings. The average molecular weight is 222 g/mol. The van der Waals surface area contributed by atoms with Crippen LogP contribution in [0.5, 0.6) is 0 Å². The fourth-order valence-corrected chi connectivity index (χ4v) is 0.421. The van der Waals surface area contributed by atoms with Crippen molar-refractivity contribution in [1.82, 2.24) is 0 Å². The zero-order valence-corrected chi connectivity index (χ0v) is 9.61. The topological polar surface area (TPSA) is 79.5 Å². The van der Waals surface area contributed by atoms with Gasteiger partial charge in [0.25, 0.3) is 0 Å². The second-order valence-corrected chi connectivity index (χ2v) is 3.17. The zero-order valence-electron chi connectivity index (χ0n) is 9.61. The first-order valence-electron chi connectivity index (χ1n) is 4.29. The van der Waals surface area contributed by atoms with Crippen molar-refractivity contribution in [2.45, 2.75) is 26.5 Å². The van der Waals surface area contributed by atoms with Gasteiger partial charge < -0.3 is 4.74 Å². The standard InChI is InChI=1S/C7H9NO3.C4H5N/c1-4-6(10)11-7(2,3)8-5-9;1-4(2)3-5/h4H,1H2,2-3H3;1H2,2H3. The monoisotopic (exact) mass is 222 g/mol. The zero-order chi connectivity index (χ0) is 13.2. The molecule has 0 heterocycles. The normalized spacial score (nSPS) is 8.38. The van der Waals surface area contributed by atoms with Gasteiger partial charge in [-0.15, -0.1) is 0 Å². The predicted octanol–water partition coefficient (Wildman–Crippen LogP) is 1.87. The van der Waals surface area contributed by atoms with Crippen LogP contribution in [0.15, 0.2) is 29.8 Å². The van der Waals surface area contributed by atoms with E-state index in [0.29, 0.717) is 5.57 Å². The molecule has 86 valence electrons. The third-order valence-electron chi connectivity index (χ3n) is 1.02. The summed E-state index contributed by atoms with van der Waals surface area (Å²) in [5.41, 5.74) is -0.586. The third kappa shape index (κ3) is 11.8. The maximum atomic E-state index is 10.6. The van der Waals surface area contributed by atoms with Crippen LogP contribution < -0.4 is 0 Å². The highest BCUT2D eigenvalue weighted by molar-refractivity contribution is 5.81. The van der Waals surface area contributed by atoms with Crippen molar-refractivity contribution in [3.05, 3.63) is 24.8 Å². The first kappa shape index (κ1) is 16.3. The molecule has 0 N–H and O–H groups in total. The minimum absolute atomic E-state index is 0.560. The van der Waals surface area contributed by atoms with Gasteiger partial charge in [0.05, 0.1) is 6.07 Å². The predicted molar refractivity (Wildman–Crippen MR) is 58.9 cm³/mol. The Morgan fingerprint density at radius 2 is 2.00 bits per heavy atom. The van der Waals surface area contributed by atoms with Crippen LogP contribution in [0.2, 0.25) is 0 Å². The molecular formula is C11H14N2O3. The van der Waals surface area contributed by atoms with Crippen LogP contribution in [0.3, 0.4) is 0 Å². The van der Waals surface area contributed by atoms with E-state index in [2.05, 4.69) is 22.9 Å². The Kier molecular flexibility index (Phi) is 8.29. The molecule has 0 aromatic carbocycles. The summed E-state index contributed by atoms with van der Waals surface area (Å²) in [6.07, 6.45) is 2.30. The van der Waals surface area contributed by atoms with E-state index < -0.39 is 11.7 Å². The van der Waals surface area contributed by atoms with Crippen LogP contribution in [-0.4, -0.2) is 17.8 Å². The van der Waals surface area contributed by atoms with E-state index in [4.69, 9.17) is 5.26 Å². The van der Waals surface area contributed by atoms with Crippen molar-refractivity contribution in [3.8, 4) is 6.07 Å². The molecule has 0 aromatic heterocycles. The highest BCUT2D eigenvalue weighted by Gasteiger charge is 2.19. The molecule has 5 nitrogen and oxygen atoms in total. The quantitative estimate of drug-likeness (QED) is 0.240. The van der Waals surface area contributed by atoms with Crippen molar-refractivity contribution < 1.29 is 14.3 Å². The second-order valence-electron chi connectivity index (χ2n) is 3.17. The number of aliphatic imine (C=N–C) groups is 1. The minimum atomic E-state index is -1.15. The number of ether oxygens (including phenoxy) is 1. The molecule has 0 aliphatic carbocycles. The second kappa shape index (κ2) is 8.16. The number of allylic oxidation sites excluding steroid dienone is 1. The molecule has 5 heteroatoms. The summed E-state index contributed by atoms with van der Waals surface area (Å²) in [6, 6.07) is 1.83. The van der Waals surface area contributed by atoms with Gasteiger partial charge in [-0.05, 0) is 20.8 Å². The Morgan fingerprint density at radius 1 is 1.56 bits per heavy atom. The Bertz CT molecular complexity index is 358. The molecule has 16 heavy (non-hydrogen) atoms. The van der Waals surface area contributed by atoms with E-state index in [0.717, 1.165) is 6.08 Å². The van der Waals surface area contributed by atoms with Gasteiger partial charge in [-0.1, -0.05) is 13.2 Å². The number of isocyanates is 1. The summed E-state index contributed by atoms with van der Waals surface area (Å²) in [7, 11) is 0. The van der Waals surface area contributed by atoms with Crippen molar-refractivity contribution >= 4 is 12.0 Å². The number of rotatable bonds is 3. The molecule has 0 fully saturated rings. The smallest absolute Gasteiger partial charge is 0.332 e. The summed E-state index contributed by atoms with van der Waals surface area (Å²) in [4.78, 5) is 23.6. The lowest BCUT2D eigenvalue weighted by atomic mass is 10.3. The van der Waals surface area contributed by atoms with Crippen molar-refractivity contribution in [1.29, 1.82) is 5.26 Å². The highest BCUT2D eigenvalue weighted by atomic mass is 16.6. The molecule has 0 spiro atoms. The third-order valence-corrected chi connectivity index (χ3v) is 1.02. The summed E-state index contributed by atoms with van der Waals surface area (Å²) in [5.74, 6) is -0.617. The van der Waals surface area contributed by atoms with Crippen LogP contribution in [0.25, 0.3) is 0 Å². The van der Waals surface area contributed by atoms with E-state index in [1.165, 1.54) is 19.9 Å². The van der Waals surface area contributed by atoms with Gasteiger partial charge in [-0.3, -0.25) is 0 Å². The van der Waals surface area contributed by atoms with Crippen LogP contribution >= 0.6 is 0 Å². The van der Waals surface area contributed by atoms with E-state index in [-0.39, 0.29) is 0 Å². The molecule has 0 radical (unpaired) electrons. The number of nitrogens with zero attached hydrogens (tertiary/aromatic N) is 2. The van der Waals surface area contributed by atoms with Gasteiger partial charge in [0.1, 0.15) is 0 Å². The molecule has 0 aliphatic heterocycles. The number of hydrogen-bond acceptors (Lipinski definition) is 5. The maximum absolute atomic E-state index is 10.6. The van der Waals surface area contributed by atoms with Gasteiger partial charge >= 0.3 is 5.97 Å². The average Bonchev–Trinajstić information content (AvgIpc) is 2.17.